The first-order chi connectivity index (χ1) is 23.7. The summed E-state index contributed by atoms with van der Waals surface area (Å²) in [4.78, 5) is 0. The molecule has 1 heterocycles. The predicted octanol–water partition coefficient (Wildman–Crippen LogP) is 8.04. The van der Waals surface area contributed by atoms with Crippen LogP contribution in [0.1, 0.15) is 54.4 Å². The molecular weight excluding hydrogens is 600 g/mol. The van der Waals surface area contributed by atoms with Crippen LogP contribution in [-0.2, 0) is 54.8 Å². The lowest BCUT2D eigenvalue weighted by Crippen LogP contribution is -2.63. The molecule has 6 heteroatoms. The molecule has 0 amide bonds. The summed E-state index contributed by atoms with van der Waals surface area (Å²) in [5, 5.41) is 0. The maximum absolute atomic E-state index is 6.88. The Bertz CT molecular complexity index is 1520. The van der Waals surface area contributed by atoms with E-state index in [-0.39, 0.29) is 6.61 Å². The molecule has 0 N–H and O–H groups in total. The van der Waals surface area contributed by atoms with Crippen LogP contribution >= 0.6 is 0 Å². The molecule has 1 saturated carbocycles. The van der Waals surface area contributed by atoms with Crippen molar-refractivity contribution in [1.29, 1.82) is 0 Å². The van der Waals surface area contributed by atoms with E-state index >= 15 is 0 Å². The molecule has 250 valence electrons. The summed E-state index contributed by atoms with van der Waals surface area (Å²) in [7, 11) is 0. The molecule has 6 nitrogen and oxygen atoms in total. The minimum atomic E-state index is -0.800. The Balaban J connectivity index is 1.32. The van der Waals surface area contributed by atoms with Crippen LogP contribution in [0.2, 0.25) is 0 Å². The van der Waals surface area contributed by atoms with Crippen molar-refractivity contribution in [3.8, 4) is 12.3 Å². The number of rotatable bonds is 15. The van der Waals surface area contributed by atoms with Crippen LogP contribution < -0.4 is 0 Å². The maximum atomic E-state index is 6.88. The summed E-state index contributed by atoms with van der Waals surface area (Å²) in [5.74, 6) is 3.01. The number of hydrogen-bond donors (Lipinski definition) is 0. The molecule has 4 aromatic rings. The lowest BCUT2D eigenvalue weighted by molar-refractivity contribution is -0.344. The van der Waals surface area contributed by atoms with Gasteiger partial charge in [-0.15, -0.1) is 6.42 Å². The summed E-state index contributed by atoms with van der Waals surface area (Å²) in [5.41, 5.74) is 3.48. The minimum absolute atomic E-state index is 0.272. The van der Waals surface area contributed by atoms with Crippen LogP contribution in [0.3, 0.4) is 0 Å². The Morgan fingerprint density at radius 2 is 1.00 bits per heavy atom. The van der Waals surface area contributed by atoms with Gasteiger partial charge in [0.15, 0.2) is 6.29 Å². The summed E-state index contributed by atoms with van der Waals surface area (Å²) in [6, 6.07) is 40.5. The van der Waals surface area contributed by atoms with Crippen molar-refractivity contribution in [1.82, 2.24) is 0 Å². The first-order valence-corrected chi connectivity index (χ1v) is 17.1. The normalized spacial score (nSPS) is 23.7. The molecule has 1 aliphatic carbocycles. The van der Waals surface area contributed by atoms with Crippen molar-refractivity contribution in [2.24, 2.45) is 0 Å². The second-order valence-corrected chi connectivity index (χ2v) is 12.6. The van der Waals surface area contributed by atoms with Gasteiger partial charge in [0, 0.05) is 0 Å². The van der Waals surface area contributed by atoms with Crippen molar-refractivity contribution in [3.05, 3.63) is 144 Å². The quantitative estimate of drug-likeness (QED) is 0.122. The molecule has 1 aliphatic heterocycles. The van der Waals surface area contributed by atoms with Gasteiger partial charge in [-0.25, -0.2) is 0 Å². The van der Waals surface area contributed by atoms with E-state index in [1.54, 1.807) is 0 Å². The van der Waals surface area contributed by atoms with Gasteiger partial charge in [0.05, 0.1) is 33.0 Å². The van der Waals surface area contributed by atoms with Crippen LogP contribution in [-0.4, -0.2) is 42.9 Å². The molecule has 5 atom stereocenters. The lowest BCUT2D eigenvalue weighted by Gasteiger charge is -2.48. The van der Waals surface area contributed by atoms with Gasteiger partial charge in [0.2, 0.25) is 0 Å². The zero-order valence-electron chi connectivity index (χ0n) is 27.5. The van der Waals surface area contributed by atoms with Crippen LogP contribution in [0.15, 0.2) is 121 Å². The highest BCUT2D eigenvalue weighted by Gasteiger charge is 2.51. The summed E-state index contributed by atoms with van der Waals surface area (Å²) >= 11 is 0. The van der Waals surface area contributed by atoms with E-state index in [2.05, 4.69) is 42.3 Å². The topological polar surface area (TPSA) is 55.4 Å². The Kier molecular flexibility index (Phi) is 12.5. The standard InChI is InChI=1S/C42H46O6/c1-2-42(26-16-7-17-27-42)48-41-40(46-31-36-24-14-6-15-25-36)39(45-30-35-22-12-5-13-23-35)38(44-29-34-20-10-4-11-21-34)37(47-41)32-43-28-33-18-8-3-9-19-33/h1,3-6,8-15,18-25,37-41H,7,16-17,26-32H2/t37-,38-,39+,40-,41-/m1/s1. The first kappa shape index (κ1) is 34.1. The van der Waals surface area contributed by atoms with E-state index in [0.717, 1.165) is 54.4 Å². The monoisotopic (exact) mass is 646 g/mol. The summed E-state index contributed by atoms with van der Waals surface area (Å²) in [6.45, 7) is 1.81. The molecule has 4 aromatic carbocycles. The third-order valence-corrected chi connectivity index (χ3v) is 9.11. The van der Waals surface area contributed by atoms with E-state index in [0.29, 0.717) is 26.4 Å². The molecule has 2 fully saturated rings. The Morgan fingerprint density at radius 3 is 1.48 bits per heavy atom. The molecule has 0 bridgehead atoms. The van der Waals surface area contributed by atoms with Gasteiger partial charge in [0.1, 0.15) is 30.0 Å². The second-order valence-electron chi connectivity index (χ2n) is 12.6. The average Bonchev–Trinajstić information content (AvgIpc) is 3.15. The number of terminal acetylenes is 1. The fourth-order valence-electron chi connectivity index (χ4n) is 6.48. The highest BCUT2D eigenvalue weighted by atomic mass is 16.7. The fourth-order valence-corrected chi connectivity index (χ4v) is 6.48. The van der Waals surface area contributed by atoms with Crippen LogP contribution in [0.4, 0.5) is 0 Å². The molecule has 0 unspecified atom stereocenters. The highest BCUT2D eigenvalue weighted by Crippen LogP contribution is 2.38. The number of hydrogen-bond acceptors (Lipinski definition) is 6. The second kappa shape index (κ2) is 17.6. The largest absolute Gasteiger partial charge is 0.374 e. The molecular formula is C42H46O6. The SMILES string of the molecule is C#CC1(O[C@H]2O[C@H](COCc3ccccc3)[C@@H](OCc3ccccc3)[C@H](OCc3ccccc3)[C@H]2OCc2ccccc2)CCCCC1. The van der Waals surface area contributed by atoms with Crippen molar-refractivity contribution in [2.75, 3.05) is 6.61 Å². The number of benzene rings is 4. The van der Waals surface area contributed by atoms with Crippen LogP contribution in [0.25, 0.3) is 0 Å². The van der Waals surface area contributed by atoms with Gasteiger partial charge in [-0.2, -0.15) is 0 Å². The smallest absolute Gasteiger partial charge is 0.188 e. The van der Waals surface area contributed by atoms with Gasteiger partial charge in [-0.1, -0.05) is 134 Å². The summed E-state index contributed by atoms with van der Waals surface area (Å²) < 4.78 is 40.4. The Morgan fingerprint density at radius 1 is 0.562 bits per heavy atom. The number of ether oxygens (including phenoxy) is 6. The third kappa shape index (κ3) is 9.42. The van der Waals surface area contributed by atoms with Gasteiger partial charge in [0.25, 0.3) is 0 Å². The molecule has 0 spiro atoms. The van der Waals surface area contributed by atoms with Crippen molar-refractivity contribution in [2.45, 2.75) is 94.8 Å². The minimum Gasteiger partial charge on any atom is -0.374 e. The summed E-state index contributed by atoms with van der Waals surface area (Å²) in [6.07, 6.45) is 7.86. The molecule has 0 aromatic heterocycles. The van der Waals surface area contributed by atoms with Crippen LogP contribution in [0.5, 0.6) is 0 Å². The average molecular weight is 647 g/mol. The van der Waals surface area contributed by atoms with Crippen molar-refractivity contribution in [3.63, 3.8) is 0 Å². The highest BCUT2D eigenvalue weighted by molar-refractivity contribution is 5.17. The predicted molar refractivity (Wildman–Crippen MR) is 186 cm³/mol. The van der Waals surface area contributed by atoms with E-state index < -0.39 is 36.3 Å². The van der Waals surface area contributed by atoms with E-state index in [9.17, 15) is 0 Å². The lowest BCUT2D eigenvalue weighted by atomic mass is 9.85. The van der Waals surface area contributed by atoms with Crippen LogP contribution in [0, 0.1) is 12.3 Å². The van der Waals surface area contributed by atoms with E-state index in [4.69, 9.17) is 34.8 Å². The van der Waals surface area contributed by atoms with Crippen molar-refractivity contribution >= 4 is 0 Å². The molecule has 2 aliphatic rings. The van der Waals surface area contributed by atoms with Crippen molar-refractivity contribution < 1.29 is 28.4 Å². The van der Waals surface area contributed by atoms with E-state index in [1.165, 1.54) is 0 Å². The van der Waals surface area contributed by atoms with E-state index in [1.807, 2.05) is 84.9 Å². The van der Waals surface area contributed by atoms with Gasteiger partial charge >= 0.3 is 0 Å². The van der Waals surface area contributed by atoms with Gasteiger partial charge < -0.3 is 28.4 Å². The molecule has 1 saturated heterocycles. The van der Waals surface area contributed by atoms with Gasteiger partial charge in [-0.3, -0.25) is 0 Å². The zero-order valence-corrected chi connectivity index (χ0v) is 27.5. The Hall–Kier alpha value is -3.80. The Labute approximate surface area is 285 Å². The molecule has 6 rings (SSSR count). The molecule has 48 heavy (non-hydrogen) atoms. The zero-order chi connectivity index (χ0) is 32.9. The maximum Gasteiger partial charge on any atom is 0.188 e. The fraction of sp³-hybridized carbons (Fsp3) is 0.381. The first-order valence-electron chi connectivity index (χ1n) is 17.1. The molecule has 0 radical (unpaired) electrons. The van der Waals surface area contributed by atoms with Gasteiger partial charge in [-0.05, 0) is 47.9 Å². The third-order valence-electron chi connectivity index (χ3n) is 9.11.